The Bertz CT molecular complexity index is 311. The Morgan fingerprint density at radius 1 is 1.79 bits per heavy atom. The van der Waals surface area contributed by atoms with Crippen LogP contribution in [0.3, 0.4) is 0 Å². The molecule has 1 rings (SSSR count). The van der Waals surface area contributed by atoms with Crippen LogP contribution in [0.5, 0.6) is 0 Å². The molecule has 0 aromatic carbocycles. The van der Waals surface area contributed by atoms with Gasteiger partial charge in [-0.1, -0.05) is 0 Å². The number of carbonyl (C=O) groups is 1. The molecular weight excluding hydrogens is 202 g/mol. The molecule has 0 amide bonds. The number of aryl methyl sites for hydroxylation is 1. The number of hydrogen-bond acceptors (Lipinski definition) is 4. The molecule has 0 aliphatic rings. The van der Waals surface area contributed by atoms with Crippen molar-refractivity contribution >= 4 is 17.3 Å². The van der Waals surface area contributed by atoms with E-state index in [1.165, 1.54) is 6.92 Å². The maximum Gasteiger partial charge on any atom is 0.332 e. The van der Waals surface area contributed by atoms with E-state index in [2.05, 4.69) is 4.98 Å². The number of ether oxygens (including phenoxy) is 1. The first kappa shape index (κ1) is 11.1. The van der Waals surface area contributed by atoms with Gasteiger partial charge in [0.15, 0.2) is 6.10 Å². The Morgan fingerprint density at radius 2 is 2.50 bits per heavy atom. The second-order valence-corrected chi connectivity index (χ2v) is 3.90. The topological polar surface area (TPSA) is 59.4 Å². The summed E-state index contributed by atoms with van der Waals surface area (Å²) in [6.45, 7) is 3.89. The number of thiazole rings is 1. The Morgan fingerprint density at radius 3 is 3.00 bits per heavy atom. The van der Waals surface area contributed by atoms with Crippen molar-refractivity contribution < 1.29 is 14.6 Å². The van der Waals surface area contributed by atoms with Gasteiger partial charge in [0.05, 0.1) is 17.8 Å². The summed E-state index contributed by atoms with van der Waals surface area (Å²) in [5.41, 5.74) is 2.78. The number of aromatic nitrogens is 1. The van der Waals surface area contributed by atoms with Crippen molar-refractivity contribution in [2.75, 3.05) is 6.61 Å². The first-order valence-electron chi connectivity index (χ1n) is 4.34. The maximum atomic E-state index is 10.4. The van der Waals surface area contributed by atoms with Gasteiger partial charge in [0.2, 0.25) is 0 Å². The molecule has 0 fully saturated rings. The van der Waals surface area contributed by atoms with Crippen molar-refractivity contribution in [3.8, 4) is 0 Å². The minimum absolute atomic E-state index is 0.427. The molecule has 14 heavy (non-hydrogen) atoms. The van der Waals surface area contributed by atoms with Gasteiger partial charge < -0.3 is 9.84 Å². The van der Waals surface area contributed by atoms with Crippen LogP contribution in [-0.4, -0.2) is 28.8 Å². The third-order valence-electron chi connectivity index (χ3n) is 1.89. The van der Waals surface area contributed by atoms with Gasteiger partial charge in [-0.3, -0.25) is 0 Å². The number of rotatable bonds is 5. The highest BCUT2D eigenvalue weighted by Crippen LogP contribution is 2.12. The Kier molecular flexibility index (Phi) is 4.03. The standard InChI is InChI=1S/C9H13NO3S/c1-6-8(14-5-10-6)3-4-13-7(2)9(11)12/h5,7H,3-4H2,1-2H3,(H,11,12). The number of aliphatic carboxylic acids is 1. The van der Waals surface area contributed by atoms with Crippen LogP contribution in [0.1, 0.15) is 17.5 Å². The van der Waals surface area contributed by atoms with Crippen molar-refractivity contribution in [2.45, 2.75) is 26.4 Å². The molecule has 0 spiro atoms. The van der Waals surface area contributed by atoms with Crippen LogP contribution in [0, 0.1) is 6.92 Å². The predicted molar refractivity (Wildman–Crippen MR) is 53.6 cm³/mol. The summed E-state index contributed by atoms with van der Waals surface area (Å²) >= 11 is 1.57. The van der Waals surface area contributed by atoms with Crippen LogP contribution >= 0.6 is 11.3 Å². The summed E-state index contributed by atoms with van der Waals surface area (Å²) in [6, 6.07) is 0. The van der Waals surface area contributed by atoms with Crippen molar-refractivity contribution in [3.63, 3.8) is 0 Å². The minimum Gasteiger partial charge on any atom is -0.479 e. The molecule has 0 saturated heterocycles. The quantitative estimate of drug-likeness (QED) is 0.808. The van der Waals surface area contributed by atoms with E-state index in [1.807, 2.05) is 6.92 Å². The van der Waals surface area contributed by atoms with Crippen LogP contribution < -0.4 is 0 Å². The van der Waals surface area contributed by atoms with E-state index in [-0.39, 0.29) is 0 Å². The molecule has 1 aromatic heterocycles. The summed E-state index contributed by atoms with van der Waals surface area (Å²) in [5.74, 6) is -0.925. The van der Waals surface area contributed by atoms with Crippen molar-refractivity contribution in [1.82, 2.24) is 4.98 Å². The van der Waals surface area contributed by atoms with E-state index in [9.17, 15) is 4.79 Å². The lowest BCUT2D eigenvalue weighted by atomic mass is 10.3. The highest BCUT2D eigenvalue weighted by atomic mass is 32.1. The predicted octanol–water partition coefficient (Wildman–Crippen LogP) is 1.48. The van der Waals surface area contributed by atoms with Gasteiger partial charge in [0.25, 0.3) is 0 Å². The Hall–Kier alpha value is -0.940. The smallest absolute Gasteiger partial charge is 0.332 e. The normalized spacial score (nSPS) is 12.7. The van der Waals surface area contributed by atoms with Crippen molar-refractivity contribution in [3.05, 3.63) is 16.1 Å². The van der Waals surface area contributed by atoms with Crippen LogP contribution in [0.2, 0.25) is 0 Å². The average molecular weight is 215 g/mol. The zero-order chi connectivity index (χ0) is 10.6. The Balaban J connectivity index is 2.29. The van der Waals surface area contributed by atoms with Crippen LogP contribution in [0.25, 0.3) is 0 Å². The molecule has 1 atom stereocenters. The van der Waals surface area contributed by atoms with E-state index in [0.29, 0.717) is 6.61 Å². The van der Waals surface area contributed by atoms with Gasteiger partial charge in [0.1, 0.15) is 0 Å². The summed E-state index contributed by atoms with van der Waals surface area (Å²) in [7, 11) is 0. The average Bonchev–Trinajstić information content (AvgIpc) is 2.51. The largest absolute Gasteiger partial charge is 0.479 e. The van der Waals surface area contributed by atoms with Crippen LogP contribution in [0.4, 0.5) is 0 Å². The second-order valence-electron chi connectivity index (χ2n) is 2.96. The lowest BCUT2D eigenvalue weighted by Gasteiger charge is -2.07. The molecule has 5 heteroatoms. The lowest BCUT2D eigenvalue weighted by molar-refractivity contribution is -0.149. The summed E-state index contributed by atoms with van der Waals surface area (Å²) in [4.78, 5) is 15.7. The molecule has 1 unspecified atom stereocenters. The third kappa shape index (κ3) is 3.08. The molecule has 0 aliphatic carbocycles. The monoisotopic (exact) mass is 215 g/mol. The first-order chi connectivity index (χ1) is 6.61. The number of nitrogens with zero attached hydrogens (tertiary/aromatic N) is 1. The summed E-state index contributed by atoms with van der Waals surface area (Å²) in [6.07, 6.45) is -0.00284. The number of carboxylic acids is 1. The summed E-state index contributed by atoms with van der Waals surface area (Å²) < 4.78 is 5.11. The number of carboxylic acid groups (broad SMARTS) is 1. The molecule has 0 bridgehead atoms. The molecule has 0 radical (unpaired) electrons. The molecule has 1 aromatic rings. The van der Waals surface area contributed by atoms with Gasteiger partial charge in [0, 0.05) is 11.3 Å². The molecule has 1 N–H and O–H groups in total. The molecule has 0 saturated carbocycles. The fourth-order valence-electron chi connectivity index (χ4n) is 0.966. The minimum atomic E-state index is -0.925. The SMILES string of the molecule is Cc1ncsc1CCOC(C)C(=O)O. The van der Waals surface area contributed by atoms with E-state index in [4.69, 9.17) is 9.84 Å². The van der Waals surface area contributed by atoms with E-state index >= 15 is 0 Å². The van der Waals surface area contributed by atoms with Crippen molar-refractivity contribution in [1.29, 1.82) is 0 Å². The zero-order valence-electron chi connectivity index (χ0n) is 8.19. The third-order valence-corrected chi connectivity index (χ3v) is 2.88. The summed E-state index contributed by atoms with van der Waals surface area (Å²) in [5, 5.41) is 8.56. The molecular formula is C9H13NO3S. The van der Waals surface area contributed by atoms with E-state index < -0.39 is 12.1 Å². The van der Waals surface area contributed by atoms with Gasteiger partial charge in [-0.15, -0.1) is 11.3 Å². The first-order valence-corrected chi connectivity index (χ1v) is 5.22. The van der Waals surface area contributed by atoms with Gasteiger partial charge in [-0.2, -0.15) is 0 Å². The van der Waals surface area contributed by atoms with Crippen LogP contribution in [0.15, 0.2) is 5.51 Å². The highest BCUT2D eigenvalue weighted by molar-refractivity contribution is 7.09. The van der Waals surface area contributed by atoms with E-state index in [1.54, 1.807) is 16.8 Å². The van der Waals surface area contributed by atoms with Gasteiger partial charge in [-0.05, 0) is 13.8 Å². The fourth-order valence-corrected chi connectivity index (χ4v) is 1.73. The highest BCUT2D eigenvalue weighted by Gasteiger charge is 2.10. The second kappa shape index (κ2) is 5.07. The molecule has 78 valence electrons. The van der Waals surface area contributed by atoms with Gasteiger partial charge in [-0.25, -0.2) is 9.78 Å². The Labute approximate surface area is 86.6 Å². The molecule has 4 nitrogen and oxygen atoms in total. The zero-order valence-corrected chi connectivity index (χ0v) is 9.00. The number of hydrogen-bond donors (Lipinski definition) is 1. The lowest BCUT2D eigenvalue weighted by Crippen LogP contribution is -2.20. The van der Waals surface area contributed by atoms with Crippen LogP contribution in [-0.2, 0) is 16.0 Å². The van der Waals surface area contributed by atoms with Crippen molar-refractivity contribution in [2.24, 2.45) is 0 Å². The van der Waals surface area contributed by atoms with Gasteiger partial charge >= 0.3 is 5.97 Å². The maximum absolute atomic E-state index is 10.4. The molecule has 1 heterocycles. The molecule has 0 aliphatic heterocycles. The van der Waals surface area contributed by atoms with E-state index in [0.717, 1.165) is 17.0 Å². The fraction of sp³-hybridized carbons (Fsp3) is 0.556.